The Morgan fingerprint density at radius 3 is 2.60 bits per heavy atom. The summed E-state index contributed by atoms with van der Waals surface area (Å²) >= 11 is 0. The molecule has 3 nitrogen and oxygen atoms in total. The van der Waals surface area contributed by atoms with Crippen LogP contribution < -0.4 is 5.32 Å². The summed E-state index contributed by atoms with van der Waals surface area (Å²) in [5.41, 5.74) is 2.67. The zero-order valence-electron chi connectivity index (χ0n) is 12.8. The number of nitrogens with one attached hydrogen (secondary N) is 2. The van der Waals surface area contributed by atoms with E-state index in [1.165, 1.54) is 0 Å². The summed E-state index contributed by atoms with van der Waals surface area (Å²) in [5, 5.41) is 4.09. The van der Waals surface area contributed by atoms with E-state index >= 15 is 0 Å². The van der Waals surface area contributed by atoms with E-state index in [9.17, 15) is 4.79 Å². The number of hydrogen-bond acceptors (Lipinski definition) is 1. The van der Waals surface area contributed by atoms with Gasteiger partial charge in [-0.25, -0.2) is 0 Å². The van der Waals surface area contributed by atoms with Crippen LogP contribution in [0.15, 0.2) is 24.3 Å². The minimum absolute atomic E-state index is 0.0149. The van der Waals surface area contributed by atoms with Crippen LogP contribution in [-0.4, -0.2) is 16.4 Å². The summed E-state index contributed by atoms with van der Waals surface area (Å²) in [4.78, 5) is 16.0. The van der Waals surface area contributed by atoms with Gasteiger partial charge in [0.25, 0.3) is 5.91 Å². The molecule has 0 aliphatic heterocycles. The number of aromatic amines is 1. The average Bonchev–Trinajstić information content (AvgIpc) is 2.72. The third kappa shape index (κ3) is 3.21. The van der Waals surface area contributed by atoms with E-state index < -0.39 is 0 Å². The lowest BCUT2D eigenvalue weighted by atomic mass is 10.0. The maximum atomic E-state index is 12.6. The highest BCUT2D eigenvalue weighted by atomic mass is 16.1. The van der Waals surface area contributed by atoms with Gasteiger partial charge in [0, 0.05) is 22.1 Å². The highest BCUT2D eigenvalue weighted by Gasteiger charge is 2.21. The minimum atomic E-state index is -0.225. The second kappa shape index (κ2) is 5.70. The fourth-order valence-electron chi connectivity index (χ4n) is 2.40. The molecule has 3 heteroatoms. The summed E-state index contributed by atoms with van der Waals surface area (Å²) in [6.07, 6.45) is 3.12. The predicted molar refractivity (Wildman–Crippen MR) is 84.1 cm³/mol. The van der Waals surface area contributed by atoms with E-state index in [4.69, 9.17) is 0 Å². The third-order valence-electron chi connectivity index (χ3n) is 3.28. The number of carbonyl (C=O) groups excluding carboxylic acids is 1. The van der Waals surface area contributed by atoms with Crippen LogP contribution in [0.1, 0.15) is 56.6 Å². The van der Waals surface area contributed by atoms with Crippen LogP contribution in [0, 0.1) is 0 Å². The van der Waals surface area contributed by atoms with E-state index in [0.717, 1.165) is 41.4 Å². The monoisotopic (exact) mass is 272 g/mol. The van der Waals surface area contributed by atoms with Crippen molar-refractivity contribution in [3.63, 3.8) is 0 Å². The van der Waals surface area contributed by atoms with Crippen molar-refractivity contribution in [3.05, 3.63) is 35.5 Å². The number of hydrogen-bond donors (Lipinski definition) is 2. The summed E-state index contributed by atoms with van der Waals surface area (Å²) < 4.78 is 0. The maximum Gasteiger partial charge on any atom is 0.254 e. The fraction of sp³-hybridized carbons (Fsp3) is 0.471. The Balaban J connectivity index is 2.44. The lowest BCUT2D eigenvalue weighted by molar-refractivity contribution is 0.0920. The van der Waals surface area contributed by atoms with Gasteiger partial charge in [0.15, 0.2) is 0 Å². The fourth-order valence-corrected chi connectivity index (χ4v) is 2.40. The van der Waals surface area contributed by atoms with Crippen molar-refractivity contribution in [3.8, 4) is 0 Å². The van der Waals surface area contributed by atoms with Gasteiger partial charge < -0.3 is 10.3 Å². The average molecular weight is 272 g/mol. The highest BCUT2D eigenvalue weighted by molar-refractivity contribution is 6.08. The minimum Gasteiger partial charge on any atom is -0.358 e. The van der Waals surface area contributed by atoms with Gasteiger partial charge in [-0.2, -0.15) is 0 Å². The van der Waals surface area contributed by atoms with Crippen molar-refractivity contribution in [1.82, 2.24) is 10.3 Å². The predicted octanol–water partition coefficient (Wildman–Crippen LogP) is 4.04. The topological polar surface area (TPSA) is 44.9 Å². The molecular weight excluding hydrogens is 248 g/mol. The first-order valence-electron chi connectivity index (χ1n) is 7.34. The van der Waals surface area contributed by atoms with Crippen LogP contribution in [0.2, 0.25) is 0 Å². The quantitative estimate of drug-likeness (QED) is 0.867. The van der Waals surface area contributed by atoms with Crippen LogP contribution in [0.25, 0.3) is 10.9 Å². The zero-order chi connectivity index (χ0) is 14.8. The summed E-state index contributed by atoms with van der Waals surface area (Å²) in [6.45, 7) is 8.18. The number of aromatic nitrogens is 1. The van der Waals surface area contributed by atoms with Gasteiger partial charge in [-0.05, 0) is 39.7 Å². The Kier molecular flexibility index (Phi) is 4.17. The molecule has 0 radical (unpaired) electrons. The van der Waals surface area contributed by atoms with Crippen LogP contribution in [-0.2, 0) is 6.42 Å². The van der Waals surface area contributed by atoms with E-state index in [2.05, 4.69) is 17.2 Å². The summed E-state index contributed by atoms with van der Waals surface area (Å²) in [6, 6.07) is 8.01. The lowest BCUT2D eigenvalue weighted by Gasteiger charge is -2.20. The number of benzene rings is 1. The number of H-pyrrole nitrogens is 1. The first-order chi connectivity index (χ1) is 9.42. The Labute approximate surface area is 120 Å². The molecule has 0 fully saturated rings. The van der Waals surface area contributed by atoms with Crippen LogP contribution in [0.4, 0.5) is 0 Å². The van der Waals surface area contributed by atoms with Crippen molar-refractivity contribution < 1.29 is 4.79 Å². The molecule has 0 spiro atoms. The van der Waals surface area contributed by atoms with Gasteiger partial charge in [0.05, 0.1) is 5.56 Å². The Morgan fingerprint density at radius 1 is 1.25 bits per heavy atom. The molecule has 1 aromatic carbocycles. The van der Waals surface area contributed by atoms with E-state index in [-0.39, 0.29) is 11.4 Å². The van der Waals surface area contributed by atoms with Crippen LogP contribution >= 0.6 is 0 Å². The van der Waals surface area contributed by atoms with Gasteiger partial charge in [-0.1, -0.05) is 31.5 Å². The van der Waals surface area contributed by atoms with Gasteiger partial charge in [-0.15, -0.1) is 0 Å². The van der Waals surface area contributed by atoms with Gasteiger partial charge in [0.1, 0.15) is 0 Å². The molecule has 2 N–H and O–H groups in total. The lowest BCUT2D eigenvalue weighted by Crippen LogP contribution is -2.40. The maximum absolute atomic E-state index is 12.6. The molecular formula is C17H24N2O. The first kappa shape index (κ1) is 14.6. The van der Waals surface area contributed by atoms with Gasteiger partial charge in [-0.3, -0.25) is 4.79 Å². The van der Waals surface area contributed by atoms with Crippen molar-refractivity contribution in [1.29, 1.82) is 0 Å². The molecule has 1 heterocycles. The second-order valence-corrected chi connectivity index (χ2v) is 6.33. The first-order valence-corrected chi connectivity index (χ1v) is 7.34. The molecule has 20 heavy (non-hydrogen) atoms. The van der Waals surface area contributed by atoms with E-state index in [0.29, 0.717) is 0 Å². The number of fused-ring (bicyclic) bond motifs is 1. The number of para-hydroxylation sites is 1. The molecule has 2 rings (SSSR count). The van der Waals surface area contributed by atoms with Crippen LogP contribution in [0.5, 0.6) is 0 Å². The SMILES string of the molecule is CCCCc1[nH]c2ccccc2c1C(=O)NC(C)(C)C. The molecule has 108 valence electrons. The van der Waals surface area contributed by atoms with Gasteiger partial charge >= 0.3 is 0 Å². The largest absolute Gasteiger partial charge is 0.358 e. The molecule has 0 aliphatic rings. The molecule has 0 unspecified atom stereocenters. The number of amides is 1. The van der Waals surface area contributed by atoms with Crippen molar-refractivity contribution in [2.75, 3.05) is 0 Å². The smallest absolute Gasteiger partial charge is 0.254 e. The Bertz CT molecular complexity index is 605. The molecule has 0 saturated heterocycles. The van der Waals surface area contributed by atoms with Crippen LogP contribution in [0.3, 0.4) is 0 Å². The number of rotatable bonds is 4. The Hall–Kier alpha value is -1.77. The zero-order valence-corrected chi connectivity index (χ0v) is 12.8. The summed E-state index contributed by atoms with van der Waals surface area (Å²) in [5.74, 6) is 0.0149. The number of carbonyl (C=O) groups is 1. The van der Waals surface area contributed by atoms with E-state index in [1.54, 1.807) is 0 Å². The van der Waals surface area contributed by atoms with Crippen molar-refractivity contribution in [2.24, 2.45) is 0 Å². The Morgan fingerprint density at radius 2 is 1.95 bits per heavy atom. The molecule has 0 atom stereocenters. The van der Waals surface area contributed by atoms with Gasteiger partial charge in [0.2, 0.25) is 0 Å². The van der Waals surface area contributed by atoms with Crippen molar-refractivity contribution >= 4 is 16.8 Å². The molecule has 2 aromatic rings. The molecule has 0 aliphatic carbocycles. The normalized spacial score (nSPS) is 11.8. The third-order valence-corrected chi connectivity index (χ3v) is 3.28. The molecule has 1 amide bonds. The molecule has 1 aromatic heterocycles. The van der Waals surface area contributed by atoms with Crippen molar-refractivity contribution in [2.45, 2.75) is 52.5 Å². The summed E-state index contributed by atoms with van der Waals surface area (Å²) in [7, 11) is 0. The highest BCUT2D eigenvalue weighted by Crippen LogP contribution is 2.24. The number of aryl methyl sites for hydroxylation is 1. The number of unbranched alkanes of at least 4 members (excludes halogenated alkanes) is 1. The molecule has 0 saturated carbocycles. The second-order valence-electron chi connectivity index (χ2n) is 6.33. The molecule has 0 bridgehead atoms. The standard InChI is InChI=1S/C17H24N2O/c1-5-6-10-14-15(16(20)19-17(2,3)4)12-9-7-8-11-13(12)18-14/h7-9,11,18H,5-6,10H2,1-4H3,(H,19,20). The van der Waals surface area contributed by atoms with E-state index in [1.807, 2.05) is 45.0 Å².